The first-order valence-corrected chi connectivity index (χ1v) is 6.30. The van der Waals surface area contributed by atoms with E-state index in [9.17, 15) is 22.7 Å². The molecule has 0 aliphatic rings. The van der Waals surface area contributed by atoms with Gasteiger partial charge in [0.15, 0.2) is 0 Å². The quantitative estimate of drug-likeness (QED) is 0.861. The fraction of sp³-hybridized carbons (Fsp3) is 0.214. The second kappa shape index (κ2) is 5.99. The van der Waals surface area contributed by atoms with Gasteiger partial charge < -0.3 is 5.11 Å². The van der Waals surface area contributed by atoms with Crippen LogP contribution in [0.5, 0.6) is 0 Å². The van der Waals surface area contributed by atoms with Crippen LogP contribution in [0, 0.1) is 5.82 Å². The molecule has 21 heavy (non-hydrogen) atoms. The number of aliphatic hydroxyl groups excluding tert-OH is 1. The molecule has 0 amide bonds. The van der Waals surface area contributed by atoms with E-state index in [0.717, 1.165) is 12.1 Å². The van der Waals surface area contributed by atoms with E-state index < -0.39 is 29.2 Å². The highest BCUT2D eigenvalue weighted by Gasteiger charge is 2.35. The van der Waals surface area contributed by atoms with Gasteiger partial charge in [-0.15, -0.1) is 0 Å². The van der Waals surface area contributed by atoms with Crippen molar-refractivity contribution in [2.75, 3.05) is 0 Å². The molecule has 2 rings (SSSR count). The number of nitrogens with zero attached hydrogens (tertiary/aromatic N) is 1. The van der Waals surface area contributed by atoms with Crippen molar-refractivity contribution in [1.29, 1.82) is 0 Å². The Hall–Kier alpha value is -1.66. The Morgan fingerprint density at radius 1 is 1.24 bits per heavy atom. The van der Waals surface area contributed by atoms with Gasteiger partial charge in [-0.2, -0.15) is 13.2 Å². The predicted octanol–water partition coefficient (Wildman–Crippen LogP) is 4.17. The van der Waals surface area contributed by atoms with Gasteiger partial charge in [-0.05, 0) is 29.3 Å². The number of aliphatic hydroxyl groups is 1. The van der Waals surface area contributed by atoms with Gasteiger partial charge in [0.2, 0.25) is 0 Å². The molecular weight excluding hydrogens is 310 g/mol. The molecule has 0 saturated carbocycles. The fourth-order valence-electron chi connectivity index (χ4n) is 1.95. The zero-order valence-electron chi connectivity index (χ0n) is 10.5. The first kappa shape index (κ1) is 15.7. The van der Waals surface area contributed by atoms with Crippen molar-refractivity contribution in [3.63, 3.8) is 0 Å². The van der Waals surface area contributed by atoms with Crippen LogP contribution in [0.4, 0.5) is 17.6 Å². The van der Waals surface area contributed by atoms with E-state index in [1.807, 2.05) is 0 Å². The summed E-state index contributed by atoms with van der Waals surface area (Å²) in [7, 11) is 0. The van der Waals surface area contributed by atoms with Gasteiger partial charge >= 0.3 is 6.18 Å². The predicted molar refractivity (Wildman–Crippen MR) is 69.3 cm³/mol. The summed E-state index contributed by atoms with van der Waals surface area (Å²) in [6.07, 6.45) is -3.58. The molecule has 0 aliphatic carbocycles. The molecule has 1 aromatic carbocycles. The van der Waals surface area contributed by atoms with Crippen LogP contribution in [0.3, 0.4) is 0 Å². The Labute approximate surface area is 123 Å². The molecule has 0 saturated heterocycles. The summed E-state index contributed by atoms with van der Waals surface area (Å²) in [4.78, 5) is 3.75. The van der Waals surface area contributed by atoms with Crippen molar-refractivity contribution < 1.29 is 22.7 Å². The molecule has 0 bridgehead atoms. The lowest BCUT2D eigenvalue weighted by atomic mass is 9.97. The molecule has 1 aromatic heterocycles. The molecule has 0 fully saturated rings. The van der Waals surface area contributed by atoms with Crippen LogP contribution in [-0.4, -0.2) is 10.1 Å². The second-order valence-electron chi connectivity index (χ2n) is 4.42. The Balaban J connectivity index is 2.36. The first-order chi connectivity index (χ1) is 9.79. The van der Waals surface area contributed by atoms with Crippen molar-refractivity contribution in [3.8, 4) is 0 Å². The standard InChI is InChI=1S/C14H10ClF4NO/c15-12-7-20-4-3-8(12)5-13(21)10-2-1-9(16)6-11(10)14(17,18)19/h1-4,6-7,13,21H,5H2. The summed E-state index contributed by atoms with van der Waals surface area (Å²) in [5.74, 6) is -1.01. The van der Waals surface area contributed by atoms with E-state index in [1.165, 1.54) is 18.5 Å². The largest absolute Gasteiger partial charge is 0.416 e. The van der Waals surface area contributed by atoms with E-state index in [1.54, 1.807) is 0 Å². The summed E-state index contributed by atoms with van der Waals surface area (Å²) >= 11 is 5.85. The summed E-state index contributed by atoms with van der Waals surface area (Å²) in [5, 5.41) is 10.3. The lowest BCUT2D eigenvalue weighted by Gasteiger charge is -2.18. The zero-order valence-corrected chi connectivity index (χ0v) is 11.3. The van der Waals surface area contributed by atoms with E-state index in [0.29, 0.717) is 11.6 Å². The van der Waals surface area contributed by atoms with Crippen LogP contribution in [0.25, 0.3) is 0 Å². The molecule has 1 heterocycles. The van der Waals surface area contributed by atoms with Gasteiger partial charge in [0.05, 0.1) is 16.7 Å². The monoisotopic (exact) mass is 319 g/mol. The topological polar surface area (TPSA) is 33.1 Å². The van der Waals surface area contributed by atoms with E-state index >= 15 is 0 Å². The van der Waals surface area contributed by atoms with Crippen molar-refractivity contribution in [1.82, 2.24) is 4.98 Å². The molecule has 0 aliphatic heterocycles. The Morgan fingerprint density at radius 3 is 2.57 bits per heavy atom. The third kappa shape index (κ3) is 3.71. The van der Waals surface area contributed by atoms with Crippen LogP contribution in [0.2, 0.25) is 5.02 Å². The Bertz CT molecular complexity index is 645. The maximum atomic E-state index is 13.0. The summed E-state index contributed by atoms with van der Waals surface area (Å²) in [5.41, 5.74) is -1.13. The molecule has 0 radical (unpaired) electrons. The number of rotatable bonds is 3. The molecule has 2 nitrogen and oxygen atoms in total. The summed E-state index contributed by atoms with van der Waals surface area (Å²) in [6, 6.07) is 3.68. The summed E-state index contributed by atoms with van der Waals surface area (Å²) in [6.45, 7) is 0. The minimum atomic E-state index is -4.75. The minimum absolute atomic E-state index is 0.129. The fourth-order valence-corrected chi connectivity index (χ4v) is 2.15. The number of halogens is 5. The zero-order chi connectivity index (χ0) is 15.6. The van der Waals surface area contributed by atoms with Crippen LogP contribution in [-0.2, 0) is 12.6 Å². The number of pyridine rings is 1. The van der Waals surface area contributed by atoms with Crippen molar-refractivity contribution in [2.45, 2.75) is 18.7 Å². The van der Waals surface area contributed by atoms with E-state index in [2.05, 4.69) is 4.98 Å². The molecule has 2 aromatic rings. The maximum Gasteiger partial charge on any atom is 0.416 e. The second-order valence-corrected chi connectivity index (χ2v) is 4.82. The molecule has 1 N–H and O–H groups in total. The van der Waals surface area contributed by atoms with Crippen LogP contribution in [0.15, 0.2) is 36.7 Å². The highest BCUT2D eigenvalue weighted by atomic mass is 35.5. The average molecular weight is 320 g/mol. The number of benzene rings is 1. The van der Waals surface area contributed by atoms with Gasteiger partial charge in [-0.3, -0.25) is 4.98 Å². The van der Waals surface area contributed by atoms with Crippen molar-refractivity contribution in [2.24, 2.45) is 0 Å². The molecule has 7 heteroatoms. The van der Waals surface area contributed by atoms with Gasteiger partial charge in [-0.25, -0.2) is 4.39 Å². The average Bonchev–Trinajstić information content (AvgIpc) is 2.40. The maximum absolute atomic E-state index is 13.0. The van der Waals surface area contributed by atoms with Gasteiger partial charge in [0.1, 0.15) is 5.82 Å². The molecule has 112 valence electrons. The summed E-state index contributed by atoms with van der Waals surface area (Å²) < 4.78 is 51.7. The van der Waals surface area contributed by atoms with E-state index in [4.69, 9.17) is 11.6 Å². The highest BCUT2D eigenvalue weighted by Crippen LogP contribution is 2.36. The van der Waals surface area contributed by atoms with Gasteiger partial charge in [-0.1, -0.05) is 17.7 Å². The molecule has 0 spiro atoms. The van der Waals surface area contributed by atoms with Gasteiger partial charge in [0.25, 0.3) is 0 Å². The van der Waals surface area contributed by atoms with Gasteiger partial charge in [0, 0.05) is 18.8 Å². The van der Waals surface area contributed by atoms with Crippen LogP contribution < -0.4 is 0 Å². The lowest BCUT2D eigenvalue weighted by Crippen LogP contribution is -2.14. The number of hydrogen-bond acceptors (Lipinski definition) is 2. The Kier molecular flexibility index (Phi) is 4.49. The van der Waals surface area contributed by atoms with Crippen LogP contribution in [0.1, 0.15) is 22.8 Å². The Morgan fingerprint density at radius 2 is 1.95 bits per heavy atom. The first-order valence-electron chi connectivity index (χ1n) is 5.92. The molecular formula is C14H10ClF4NO. The third-order valence-electron chi connectivity index (χ3n) is 2.95. The SMILES string of the molecule is OC(Cc1ccncc1Cl)c1ccc(F)cc1C(F)(F)F. The van der Waals surface area contributed by atoms with Crippen molar-refractivity contribution >= 4 is 11.6 Å². The lowest BCUT2D eigenvalue weighted by molar-refractivity contribution is -0.139. The minimum Gasteiger partial charge on any atom is -0.388 e. The van der Waals surface area contributed by atoms with Crippen molar-refractivity contribution in [3.05, 3.63) is 64.2 Å². The molecule has 1 atom stereocenters. The number of alkyl halides is 3. The molecule has 1 unspecified atom stereocenters. The van der Waals surface area contributed by atoms with E-state index in [-0.39, 0.29) is 11.4 Å². The normalized spacial score (nSPS) is 13.2. The highest BCUT2D eigenvalue weighted by molar-refractivity contribution is 6.31. The third-order valence-corrected chi connectivity index (χ3v) is 3.29. The number of hydrogen-bond donors (Lipinski definition) is 1. The number of aromatic nitrogens is 1. The van der Waals surface area contributed by atoms with Crippen LogP contribution >= 0.6 is 11.6 Å². The smallest absolute Gasteiger partial charge is 0.388 e.